The maximum atomic E-state index is 12.7. The molecule has 0 spiro atoms. The van der Waals surface area contributed by atoms with Crippen molar-refractivity contribution in [2.24, 2.45) is 12.2 Å². The van der Waals surface area contributed by atoms with E-state index in [0.717, 1.165) is 34.5 Å². The van der Waals surface area contributed by atoms with Gasteiger partial charge in [0.25, 0.3) is 5.91 Å². The van der Waals surface area contributed by atoms with Crippen LogP contribution < -0.4 is 5.32 Å². The Morgan fingerprint density at radius 3 is 2.55 bits per heavy atom. The quantitative estimate of drug-likeness (QED) is 0.358. The van der Waals surface area contributed by atoms with Crippen LogP contribution in [0.25, 0.3) is 11.1 Å². The number of rotatable bonds is 7. The first-order valence-electron chi connectivity index (χ1n) is 9.67. The molecule has 3 rings (SSSR count). The maximum Gasteiger partial charge on any atom is 0.259 e. The van der Waals surface area contributed by atoms with Crippen molar-refractivity contribution >= 4 is 17.3 Å². The van der Waals surface area contributed by atoms with E-state index in [4.69, 9.17) is 4.84 Å². The number of oxime groups is 1. The van der Waals surface area contributed by atoms with Gasteiger partial charge < -0.3 is 10.2 Å². The summed E-state index contributed by atoms with van der Waals surface area (Å²) in [6, 6.07) is 15.8. The molecule has 0 saturated heterocycles. The second-order valence-electron chi connectivity index (χ2n) is 6.89. The number of nitrogens with zero attached hydrogens (tertiary/aromatic N) is 3. The van der Waals surface area contributed by atoms with E-state index < -0.39 is 0 Å². The number of nitrogens with one attached hydrogen (secondary N) is 1. The first kappa shape index (κ1) is 20.3. The minimum absolute atomic E-state index is 0.171. The van der Waals surface area contributed by atoms with Crippen LogP contribution in [0, 0.1) is 6.92 Å². The molecule has 3 aromatic rings. The van der Waals surface area contributed by atoms with E-state index in [1.807, 2.05) is 69.3 Å². The van der Waals surface area contributed by atoms with E-state index in [2.05, 4.69) is 15.6 Å². The summed E-state index contributed by atoms with van der Waals surface area (Å²) in [7, 11) is 1.80. The lowest BCUT2D eigenvalue weighted by molar-refractivity contribution is 0.102. The highest BCUT2D eigenvalue weighted by atomic mass is 16.6. The standard InChI is InChI=1S/C23H26N4O2/c1-5-14-29-26-16(2)18-10-12-19(13-11-18)20-8-6-7-9-22(20)24-23(28)21-15-27(4)25-17(21)3/h6-13,15H,5,14H2,1-4H3,(H,24,28). The highest BCUT2D eigenvalue weighted by Crippen LogP contribution is 2.28. The van der Waals surface area contributed by atoms with E-state index >= 15 is 0 Å². The lowest BCUT2D eigenvalue weighted by Gasteiger charge is -2.12. The summed E-state index contributed by atoms with van der Waals surface area (Å²) in [5, 5.41) is 11.4. The molecular weight excluding hydrogens is 364 g/mol. The molecule has 0 radical (unpaired) electrons. The fraction of sp³-hybridized carbons (Fsp3) is 0.261. The average molecular weight is 390 g/mol. The Hall–Kier alpha value is -3.41. The van der Waals surface area contributed by atoms with Gasteiger partial charge in [-0.25, -0.2) is 0 Å². The Labute approximate surface area is 171 Å². The molecule has 0 aliphatic carbocycles. The van der Waals surface area contributed by atoms with Gasteiger partial charge in [-0.3, -0.25) is 9.48 Å². The fourth-order valence-electron chi connectivity index (χ4n) is 3.03. The molecule has 0 saturated carbocycles. The van der Waals surface area contributed by atoms with Crippen molar-refractivity contribution in [3.63, 3.8) is 0 Å². The highest BCUT2D eigenvalue weighted by molar-refractivity contribution is 6.07. The predicted octanol–water partition coefficient (Wildman–Crippen LogP) is 4.80. The summed E-state index contributed by atoms with van der Waals surface area (Å²) in [4.78, 5) is 18.0. The minimum atomic E-state index is -0.171. The lowest BCUT2D eigenvalue weighted by Crippen LogP contribution is -2.13. The molecular formula is C23H26N4O2. The molecule has 0 aliphatic heterocycles. The van der Waals surface area contributed by atoms with Gasteiger partial charge in [-0.2, -0.15) is 5.10 Å². The van der Waals surface area contributed by atoms with E-state index in [1.165, 1.54) is 0 Å². The number of para-hydroxylation sites is 1. The van der Waals surface area contributed by atoms with Crippen molar-refractivity contribution in [3.05, 3.63) is 71.5 Å². The highest BCUT2D eigenvalue weighted by Gasteiger charge is 2.15. The van der Waals surface area contributed by atoms with Gasteiger partial charge in [-0.1, -0.05) is 54.5 Å². The van der Waals surface area contributed by atoms with Crippen LogP contribution in [-0.2, 0) is 11.9 Å². The number of anilines is 1. The van der Waals surface area contributed by atoms with Gasteiger partial charge in [0.2, 0.25) is 0 Å². The van der Waals surface area contributed by atoms with Crippen molar-refractivity contribution < 1.29 is 9.63 Å². The number of aryl methyl sites for hydroxylation is 2. The second kappa shape index (κ2) is 9.19. The van der Waals surface area contributed by atoms with Gasteiger partial charge in [-0.15, -0.1) is 0 Å². The monoisotopic (exact) mass is 390 g/mol. The van der Waals surface area contributed by atoms with E-state index in [1.54, 1.807) is 17.9 Å². The number of aromatic nitrogens is 2. The van der Waals surface area contributed by atoms with Crippen LogP contribution in [0.3, 0.4) is 0 Å². The number of benzene rings is 2. The van der Waals surface area contributed by atoms with Gasteiger partial charge in [0.05, 0.1) is 17.0 Å². The average Bonchev–Trinajstić information content (AvgIpc) is 3.07. The zero-order valence-electron chi connectivity index (χ0n) is 17.3. The molecule has 0 fully saturated rings. The molecule has 0 atom stereocenters. The third-order valence-electron chi connectivity index (χ3n) is 4.54. The van der Waals surface area contributed by atoms with Crippen molar-refractivity contribution in [2.45, 2.75) is 27.2 Å². The second-order valence-corrected chi connectivity index (χ2v) is 6.89. The third kappa shape index (κ3) is 4.90. The van der Waals surface area contributed by atoms with Crippen LogP contribution in [-0.4, -0.2) is 28.0 Å². The minimum Gasteiger partial charge on any atom is -0.396 e. The van der Waals surface area contributed by atoms with Crippen LogP contribution in [0.2, 0.25) is 0 Å². The Morgan fingerprint density at radius 1 is 1.17 bits per heavy atom. The molecule has 0 unspecified atom stereocenters. The Bertz CT molecular complexity index is 1020. The lowest BCUT2D eigenvalue weighted by atomic mass is 10.0. The summed E-state index contributed by atoms with van der Waals surface area (Å²) >= 11 is 0. The molecule has 29 heavy (non-hydrogen) atoms. The van der Waals surface area contributed by atoms with Crippen LogP contribution in [0.4, 0.5) is 5.69 Å². The predicted molar refractivity (Wildman–Crippen MR) is 116 cm³/mol. The van der Waals surface area contributed by atoms with Crippen molar-refractivity contribution in [3.8, 4) is 11.1 Å². The van der Waals surface area contributed by atoms with E-state index in [9.17, 15) is 4.79 Å². The normalized spacial score (nSPS) is 11.4. The number of hydrogen-bond donors (Lipinski definition) is 1. The zero-order valence-corrected chi connectivity index (χ0v) is 17.3. The van der Waals surface area contributed by atoms with Crippen molar-refractivity contribution in [1.82, 2.24) is 9.78 Å². The topological polar surface area (TPSA) is 68.5 Å². The van der Waals surface area contributed by atoms with E-state index in [-0.39, 0.29) is 5.91 Å². The summed E-state index contributed by atoms with van der Waals surface area (Å²) in [5.41, 5.74) is 5.81. The zero-order chi connectivity index (χ0) is 20.8. The van der Waals surface area contributed by atoms with Crippen LogP contribution >= 0.6 is 0 Å². The first-order valence-corrected chi connectivity index (χ1v) is 9.67. The molecule has 0 bridgehead atoms. The van der Waals surface area contributed by atoms with Crippen LogP contribution in [0.1, 0.15) is 41.9 Å². The van der Waals surface area contributed by atoms with Gasteiger partial charge in [-0.05, 0) is 37.5 Å². The molecule has 150 valence electrons. The Kier molecular flexibility index (Phi) is 6.44. The summed E-state index contributed by atoms with van der Waals surface area (Å²) in [6.45, 7) is 6.41. The van der Waals surface area contributed by atoms with Gasteiger partial charge >= 0.3 is 0 Å². The summed E-state index contributed by atoms with van der Waals surface area (Å²) < 4.78 is 1.64. The van der Waals surface area contributed by atoms with Gasteiger partial charge in [0, 0.05) is 24.5 Å². The SMILES string of the molecule is CCCON=C(C)c1ccc(-c2ccccc2NC(=O)c2cn(C)nc2C)cc1. The number of carbonyl (C=O) groups is 1. The van der Waals surface area contributed by atoms with Gasteiger partial charge in [0.1, 0.15) is 6.61 Å². The van der Waals surface area contributed by atoms with Gasteiger partial charge in [0.15, 0.2) is 0 Å². The molecule has 1 amide bonds. The molecule has 0 aliphatic rings. The third-order valence-corrected chi connectivity index (χ3v) is 4.54. The van der Waals surface area contributed by atoms with Crippen molar-refractivity contribution in [1.29, 1.82) is 0 Å². The number of amides is 1. The summed E-state index contributed by atoms with van der Waals surface area (Å²) in [6.07, 6.45) is 2.65. The largest absolute Gasteiger partial charge is 0.396 e. The van der Waals surface area contributed by atoms with E-state index in [0.29, 0.717) is 17.9 Å². The number of hydrogen-bond acceptors (Lipinski definition) is 4. The first-order chi connectivity index (χ1) is 14.0. The molecule has 6 heteroatoms. The van der Waals surface area contributed by atoms with Crippen LogP contribution in [0.15, 0.2) is 59.9 Å². The smallest absolute Gasteiger partial charge is 0.259 e. The molecule has 1 heterocycles. The fourth-order valence-corrected chi connectivity index (χ4v) is 3.03. The molecule has 1 aromatic heterocycles. The summed E-state index contributed by atoms with van der Waals surface area (Å²) in [5.74, 6) is -0.171. The molecule has 6 nitrogen and oxygen atoms in total. The Balaban J connectivity index is 1.82. The van der Waals surface area contributed by atoms with Crippen molar-refractivity contribution in [2.75, 3.05) is 11.9 Å². The Morgan fingerprint density at radius 2 is 1.90 bits per heavy atom. The molecule has 1 N–H and O–H groups in total. The number of carbonyl (C=O) groups excluding carboxylic acids is 1. The maximum absolute atomic E-state index is 12.7. The molecule has 2 aromatic carbocycles. The van der Waals surface area contributed by atoms with Crippen LogP contribution in [0.5, 0.6) is 0 Å².